The summed E-state index contributed by atoms with van der Waals surface area (Å²) in [6.45, 7) is 0.602. The smallest absolute Gasteiger partial charge is 0.266 e. The molecule has 6 nitrogen and oxygen atoms in total. The van der Waals surface area contributed by atoms with E-state index in [-0.39, 0.29) is 5.70 Å². The molecule has 0 fully saturated rings. The van der Waals surface area contributed by atoms with E-state index in [1.54, 1.807) is 13.2 Å². The highest BCUT2D eigenvalue weighted by atomic mass is 16.6. The zero-order chi connectivity index (χ0) is 12.2. The highest BCUT2D eigenvalue weighted by molar-refractivity contribution is 5.29. The number of methoxy groups -OCH3 is 1. The van der Waals surface area contributed by atoms with E-state index in [1.165, 1.54) is 12.2 Å². The summed E-state index contributed by atoms with van der Waals surface area (Å²) in [6.07, 6.45) is 5.83. The Morgan fingerprint density at radius 3 is 2.88 bits per heavy atom. The summed E-state index contributed by atoms with van der Waals surface area (Å²) in [6, 6.07) is -0.533. The van der Waals surface area contributed by atoms with Crippen LogP contribution in [0.4, 0.5) is 0 Å². The van der Waals surface area contributed by atoms with Gasteiger partial charge < -0.3 is 16.2 Å². The van der Waals surface area contributed by atoms with Crippen LogP contribution in [0.15, 0.2) is 23.9 Å². The molecule has 0 saturated carbocycles. The summed E-state index contributed by atoms with van der Waals surface area (Å²) in [5.74, 6) is 0. The lowest BCUT2D eigenvalue weighted by Crippen LogP contribution is -2.54. The van der Waals surface area contributed by atoms with Gasteiger partial charge in [0, 0.05) is 25.9 Å². The molecule has 0 radical (unpaired) electrons. The zero-order valence-electron chi connectivity index (χ0n) is 9.26. The average Bonchev–Trinajstić information content (AvgIpc) is 2.22. The Balaban J connectivity index is 2.66. The number of nitrogens with zero attached hydrogens (tertiary/aromatic N) is 1. The number of hydrogen-bond donors (Lipinski definition) is 2. The van der Waals surface area contributed by atoms with Crippen LogP contribution >= 0.6 is 0 Å². The molecule has 16 heavy (non-hydrogen) atoms. The standard InChI is InChI=1S/C10H17N3O3/c1-16-6-2-4-10(12)5-3-8(13(14)15)7-9(10)11/h3,5,7,9H,2,4,6,11-12H2,1H3. The number of nitrogens with two attached hydrogens (primary N) is 2. The van der Waals surface area contributed by atoms with Crippen LogP contribution in [-0.4, -0.2) is 30.2 Å². The van der Waals surface area contributed by atoms with Crippen molar-refractivity contribution in [2.45, 2.75) is 24.4 Å². The average molecular weight is 227 g/mol. The van der Waals surface area contributed by atoms with Gasteiger partial charge in [0.1, 0.15) is 0 Å². The van der Waals surface area contributed by atoms with Crippen LogP contribution in [0.25, 0.3) is 0 Å². The van der Waals surface area contributed by atoms with E-state index in [4.69, 9.17) is 16.2 Å². The molecule has 0 aromatic rings. The lowest BCUT2D eigenvalue weighted by atomic mass is 9.83. The molecule has 90 valence electrons. The van der Waals surface area contributed by atoms with E-state index in [2.05, 4.69) is 0 Å². The Bertz CT molecular complexity index is 327. The Hall–Kier alpha value is -1.24. The van der Waals surface area contributed by atoms with E-state index in [0.29, 0.717) is 13.0 Å². The van der Waals surface area contributed by atoms with Crippen LogP contribution in [0.3, 0.4) is 0 Å². The molecule has 1 aliphatic carbocycles. The highest BCUT2D eigenvalue weighted by Crippen LogP contribution is 2.22. The van der Waals surface area contributed by atoms with Gasteiger partial charge in [-0.25, -0.2) is 0 Å². The van der Waals surface area contributed by atoms with Crippen molar-refractivity contribution in [3.8, 4) is 0 Å². The Morgan fingerprint density at radius 1 is 1.69 bits per heavy atom. The third kappa shape index (κ3) is 2.88. The molecular formula is C10H17N3O3. The molecule has 0 aliphatic heterocycles. The molecule has 1 rings (SSSR count). The molecule has 0 spiro atoms. The van der Waals surface area contributed by atoms with Crippen LogP contribution < -0.4 is 11.5 Å². The van der Waals surface area contributed by atoms with Gasteiger partial charge in [-0.15, -0.1) is 0 Å². The number of hydrogen-bond acceptors (Lipinski definition) is 5. The zero-order valence-corrected chi connectivity index (χ0v) is 9.26. The third-order valence-corrected chi connectivity index (χ3v) is 2.70. The van der Waals surface area contributed by atoms with Gasteiger partial charge in [-0.2, -0.15) is 0 Å². The van der Waals surface area contributed by atoms with Crippen LogP contribution in [0.5, 0.6) is 0 Å². The topological polar surface area (TPSA) is 104 Å². The quantitative estimate of drug-likeness (QED) is 0.395. The van der Waals surface area contributed by atoms with Gasteiger partial charge in [0.2, 0.25) is 0 Å². The molecular weight excluding hydrogens is 210 g/mol. The predicted octanol–water partition coefficient (Wildman–Crippen LogP) is 0.168. The minimum Gasteiger partial charge on any atom is -0.385 e. The van der Waals surface area contributed by atoms with Crippen molar-refractivity contribution in [1.29, 1.82) is 0 Å². The molecule has 0 aromatic heterocycles. The first-order valence-electron chi connectivity index (χ1n) is 5.08. The highest BCUT2D eigenvalue weighted by Gasteiger charge is 2.33. The first kappa shape index (κ1) is 12.8. The lowest BCUT2D eigenvalue weighted by Gasteiger charge is -2.32. The fraction of sp³-hybridized carbons (Fsp3) is 0.600. The second kappa shape index (κ2) is 5.20. The minimum absolute atomic E-state index is 0.000293. The van der Waals surface area contributed by atoms with Crippen molar-refractivity contribution in [2.24, 2.45) is 11.5 Å². The summed E-state index contributed by atoms with van der Waals surface area (Å²) < 4.78 is 4.93. The first-order valence-corrected chi connectivity index (χ1v) is 5.08. The lowest BCUT2D eigenvalue weighted by molar-refractivity contribution is -0.419. The Morgan fingerprint density at radius 2 is 2.38 bits per heavy atom. The van der Waals surface area contributed by atoms with Crippen LogP contribution in [-0.2, 0) is 4.74 Å². The molecule has 0 saturated heterocycles. The first-order chi connectivity index (χ1) is 7.49. The Labute approximate surface area is 94.1 Å². The molecule has 0 heterocycles. The van der Waals surface area contributed by atoms with Gasteiger partial charge in [0.25, 0.3) is 5.70 Å². The predicted molar refractivity (Wildman–Crippen MR) is 60.2 cm³/mol. The van der Waals surface area contributed by atoms with Crippen molar-refractivity contribution in [2.75, 3.05) is 13.7 Å². The summed E-state index contributed by atoms with van der Waals surface area (Å²) >= 11 is 0. The number of rotatable bonds is 5. The van der Waals surface area contributed by atoms with Gasteiger partial charge in [-0.1, -0.05) is 6.08 Å². The van der Waals surface area contributed by atoms with E-state index in [1.807, 2.05) is 0 Å². The summed E-state index contributed by atoms with van der Waals surface area (Å²) in [7, 11) is 1.62. The molecule has 0 amide bonds. The third-order valence-electron chi connectivity index (χ3n) is 2.70. The van der Waals surface area contributed by atoms with Crippen LogP contribution in [0.2, 0.25) is 0 Å². The normalized spacial score (nSPS) is 28.9. The molecule has 0 aromatic carbocycles. The molecule has 1 aliphatic rings. The fourth-order valence-electron chi connectivity index (χ4n) is 1.64. The minimum atomic E-state index is -0.710. The van der Waals surface area contributed by atoms with E-state index < -0.39 is 16.5 Å². The Kier molecular flexibility index (Phi) is 4.17. The van der Waals surface area contributed by atoms with Crippen LogP contribution in [0.1, 0.15) is 12.8 Å². The van der Waals surface area contributed by atoms with E-state index in [9.17, 15) is 10.1 Å². The SMILES string of the molecule is COCCCC1(N)C=CC([N+](=O)[O-])=CC1N. The van der Waals surface area contributed by atoms with Crippen molar-refractivity contribution >= 4 is 0 Å². The largest absolute Gasteiger partial charge is 0.385 e. The second-order valence-electron chi connectivity index (χ2n) is 3.92. The molecule has 2 atom stereocenters. The van der Waals surface area contributed by atoms with E-state index >= 15 is 0 Å². The van der Waals surface area contributed by atoms with Gasteiger partial charge in [0.05, 0.1) is 16.5 Å². The second-order valence-corrected chi connectivity index (χ2v) is 3.92. The molecule has 6 heteroatoms. The maximum Gasteiger partial charge on any atom is 0.266 e. The van der Waals surface area contributed by atoms with Gasteiger partial charge in [-0.05, 0) is 12.8 Å². The van der Waals surface area contributed by atoms with Crippen molar-refractivity contribution < 1.29 is 9.66 Å². The van der Waals surface area contributed by atoms with E-state index in [0.717, 1.165) is 6.42 Å². The molecule has 2 unspecified atom stereocenters. The van der Waals surface area contributed by atoms with Crippen LogP contribution in [0, 0.1) is 10.1 Å². The summed E-state index contributed by atoms with van der Waals surface area (Å²) in [5, 5.41) is 10.5. The monoisotopic (exact) mass is 227 g/mol. The fourth-order valence-corrected chi connectivity index (χ4v) is 1.64. The number of nitro groups is 1. The number of allylic oxidation sites excluding steroid dienone is 1. The maximum atomic E-state index is 10.5. The maximum absolute atomic E-state index is 10.5. The van der Waals surface area contributed by atoms with Crippen molar-refractivity contribution in [1.82, 2.24) is 0 Å². The molecule has 0 bridgehead atoms. The van der Waals surface area contributed by atoms with Gasteiger partial charge >= 0.3 is 0 Å². The number of ether oxygens (including phenoxy) is 1. The van der Waals surface area contributed by atoms with Gasteiger partial charge in [-0.3, -0.25) is 10.1 Å². The molecule has 4 N–H and O–H groups in total. The summed E-state index contributed by atoms with van der Waals surface area (Å²) in [4.78, 5) is 10.1. The van der Waals surface area contributed by atoms with Crippen molar-refractivity contribution in [3.05, 3.63) is 34.0 Å². The van der Waals surface area contributed by atoms with Gasteiger partial charge in [0.15, 0.2) is 0 Å². The summed E-state index contributed by atoms with van der Waals surface area (Å²) in [5.41, 5.74) is 11.2. The van der Waals surface area contributed by atoms with Crippen molar-refractivity contribution in [3.63, 3.8) is 0 Å².